The number of hydrogen-bond acceptors (Lipinski definition) is 6. The Hall–Kier alpha value is -3.81. The number of carbonyl (C=O) groups excluding carboxylic acids is 2. The van der Waals surface area contributed by atoms with Crippen LogP contribution in [0.15, 0.2) is 78.4 Å². The van der Waals surface area contributed by atoms with Crippen LogP contribution in [0.3, 0.4) is 0 Å². The van der Waals surface area contributed by atoms with Crippen molar-refractivity contribution in [3.63, 3.8) is 0 Å². The molecule has 8 heteroatoms. The van der Waals surface area contributed by atoms with Gasteiger partial charge in [-0.05, 0) is 75.1 Å². The lowest BCUT2D eigenvalue weighted by atomic mass is 9.95. The average Bonchev–Trinajstić information content (AvgIpc) is 3.14. The third kappa shape index (κ3) is 5.79. The lowest BCUT2D eigenvalue weighted by molar-refractivity contribution is -0.139. The molecule has 0 aromatic heterocycles. The van der Waals surface area contributed by atoms with Crippen LogP contribution in [0.5, 0.6) is 17.2 Å². The molecule has 0 aliphatic carbocycles. The van der Waals surface area contributed by atoms with E-state index in [0.29, 0.717) is 35.8 Å². The Bertz CT molecular complexity index is 1320. The smallest absolute Gasteiger partial charge is 0.295 e. The molecule has 3 aromatic carbocycles. The number of aliphatic hydroxyl groups is 1. The number of hydrogen-bond donors (Lipinski definition) is 1. The number of para-hydroxylation sites is 1. The molecule has 37 heavy (non-hydrogen) atoms. The maximum absolute atomic E-state index is 13.3. The van der Waals surface area contributed by atoms with E-state index in [0.717, 1.165) is 6.54 Å². The fourth-order valence-corrected chi connectivity index (χ4v) is 4.55. The molecule has 3 aromatic rings. The molecule has 1 atom stereocenters. The second-order valence-corrected chi connectivity index (χ2v) is 9.39. The standard InChI is InChI=1S/C29H29ClN2O5/c1-31(2)15-8-16-32-26(19-9-7-12-22(17-19)37-20-10-5-4-6-11-20)25(28(34)29(32)35)27(33)23-18-21(36-3)13-14-24(23)30/h4-7,9-14,17-18,26,33H,8,15-16H2,1-3H3/b27-25+. The molecule has 7 nitrogen and oxygen atoms in total. The Morgan fingerprint density at radius 2 is 1.70 bits per heavy atom. The van der Waals surface area contributed by atoms with Crippen LogP contribution in [0.25, 0.3) is 5.76 Å². The van der Waals surface area contributed by atoms with Crippen molar-refractivity contribution >= 4 is 29.1 Å². The van der Waals surface area contributed by atoms with E-state index < -0.39 is 17.7 Å². The Kier molecular flexibility index (Phi) is 8.16. The van der Waals surface area contributed by atoms with E-state index in [2.05, 4.69) is 0 Å². The first-order valence-electron chi connectivity index (χ1n) is 11.9. The lowest BCUT2D eigenvalue weighted by Crippen LogP contribution is -2.32. The zero-order valence-electron chi connectivity index (χ0n) is 21.0. The van der Waals surface area contributed by atoms with Crippen LogP contribution < -0.4 is 9.47 Å². The second kappa shape index (κ2) is 11.5. The van der Waals surface area contributed by atoms with E-state index in [1.807, 2.05) is 55.4 Å². The van der Waals surface area contributed by atoms with Gasteiger partial charge in [-0.2, -0.15) is 0 Å². The zero-order valence-corrected chi connectivity index (χ0v) is 21.7. The van der Waals surface area contributed by atoms with Gasteiger partial charge in [0.2, 0.25) is 0 Å². The molecule has 1 aliphatic rings. The van der Waals surface area contributed by atoms with Crippen molar-refractivity contribution in [1.82, 2.24) is 9.80 Å². The molecular formula is C29H29ClN2O5. The maximum Gasteiger partial charge on any atom is 0.295 e. The number of benzene rings is 3. The number of ketones is 1. The molecule has 0 saturated carbocycles. The van der Waals surface area contributed by atoms with Gasteiger partial charge in [0, 0.05) is 12.1 Å². The summed E-state index contributed by atoms with van der Waals surface area (Å²) in [7, 11) is 5.39. The number of methoxy groups -OCH3 is 1. The van der Waals surface area contributed by atoms with E-state index in [1.54, 1.807) is 36.4 Å². The normalized spacial score (nSPS) is 16.9. The van der Waals surface area contributed by atoms with Crippen LogP contribution in [0, 0.1) is 0 Å². The molecule has 0 radical (unpaired) electrons. The third-order valence-corrected chi connectivity index (χ3v) is 6.46. The van der Waals surface area contributed by atoms with E-state index in [4.69, 9.17) is 21.1 Å². The number of rotatable bonds is 9. The summed E-state index contributed by atoms with van der Waals surface area (Å²) in [5.74, 6) is -0.123. The largest absolute Gasteiger partial charge is 0.507 e. The Labute approximate surface area is 221 Å². The van der Waals surface area contributed by atoms with Crippen molar-refractivity contribution in [2.24, 2.45) is 0 Å². The molecule has 1 unspecified atom stereocenters. The fraction of sp³-hybridized carbons (Fsp3) is 0.241. The molecule has 0 spiro atoms. The van der Waals surface area contributed by atoms with Gasteiger partial charge in [0.05, 0.1) is 23.7 Å². The minimum Gasteiger partial charge on any atom is -0.507 e. The van der Waals surface area contributed by atoms with Gasteiger partial charge in [0.15, 0.2) is 0 Å². The highest BCUT2D eigenvalue weighted by atomic mass is 35.5. The van der Waals surface area contributed by atoms with E-state index in [9.17, 15) is 14.7 Å². The summed E-state index contributed by atoms with van der Waals surface area (Å²) in [4.78, 5) is 30.1. The molecule has 1 fully saturated rings. The Morgan fingerprint density at radius 1 is 0.973 bits per heavy atom. The topological polar surface area (TPSA) is 79.3 Å². The van der Waals surface area contributed by atoms with Gasteiger partial charge in [-0.25, -0.2) is 0 Å². The van der Waals surface area contributed by atoms with Crippen molar-refractivity contribution in [3.05, 3.63) is 94.5 Å². The first kappa shape index (κ1) is 26.3. The fourth-order valence-electron chi connectivity index (χ4n) is 4.35. The summed E-state index contributed by atoms with van der Waals surface area (Å²) < 4.78 is 11.3. The van der Waals surface area contributed by atoms with Crippen molar-refractivity contribution < 1.29 is 24.2 Å². The highest BCUT2D eigenvalue weighted by molar-refractivity contribution is 6.47. The summed E-state index contributed by atoms with van der Waals surface area (Å²) in [5.41, 5.74) is 0.828. The molecule has 0 bridgehead atoms. The number of ether oxygens (including phenoxy) is 2. The predicted octanol–water partition coefficient (Wildman–Crippen LogP) is 5.51. The van der Waals surface area contributed by atoms with Gasteiger partial charge in [-0.15, -0.1) is 0 Å². The number of halogens is 1. The summed E-state index contributed by atoms with van der Waals surface area (Å²) in [6.45, 7) is 1.06. The number of nitrogens with zero attached hydrogens (tertiary/aromatic N) is 2. The van der Waals surface area contributed by atoms with Gasteiger partial charge in [0.25, 0.3) is 11.7 Å². The molecule has 1 aliphatic heterocycles. The Balaban J connectivity index is 1.81. The zero-order chi connectivity index (χ0) is 26.5. The number of likely N-dealkylation sites (tertiary alicyclic amines) is 1. The number of amides is 1. The van der Waals surface area contributed by atoms with E-state index >= 15 is 0 Å². The van der Waals surface area contributed by atoms with E-state index in [1.165, 1.54) is 12.0 Å². The van der Waals surface area contributed by atoms with Gasteiger partial charge < -0.3 is 24.4 Å². The summed E-state index contributed by atoms with van der Waals surface area (Å²) >= 11 is 6.39. The van der Waals surface area contributed by atoms with Gasteiger partial charge in [-0.3, -0.25) is 9.59 Å². The lowest BCUT2D eigenvalue weighted by Gasteiger charge is -2.26. The number of carbonyl (C=O) groups is 2. The van der Waals surface area contributed by atoms with Crippen molar-refractivity contribution in [1.29, 1.82) is 0 Å². The van der Waals surface area contributed by atoms with Gasteiger partial charge >= 0.3 is 0 Å². The molecule has 4 rings (SSSR count). The number of Topliss-reactive ketones (excluding diaryl/α,β-unsaturated/α-hetero) is 1. The summed E-state index contributed by atoms with van der Waals surface area (Å²) in [6.07, 6.45) is 0.649. The molecule has 1 amide bonds. The van der Waals surface area contributed by atoms with Crippen LogP contribution >= 0.6 is 11.6 Å². The van der Waals surface area contributed by atoms with Crippen LogP contribution in [0.4, 0.5) is 0 Å². The predicted molar refractivity (Wildman–Crippen MR) is 143 cm³/mol. The molecule has 1 N–H and O–H groups in total. The highest BCUT2D eigenvalue weighted by Crippen LogP contribution is 2.42. The van der Waals surface area contributed by atoms with Gasteiger partial charge in [0.1, 0.15) is 23.0 Å². The first-order valence-corrected chi connectivity index (χ1v) is 12.3. The molecule has 1 heterocycles. The van der Waals surface area contributed by atoms with Crippen LogP contribution in [0.1, 0.15) is 23.6 Å². The van der Waals surface area contributed by atoms with Crippen LogP contribution in [0.2, 0.25) is 5.02 Å². The Morgan fingerprint density at radius 3 is 2.41 bits per heavy atom. The molecular weight excluding hydrogens is 492 g/mol. The minimum absolute atomic E-state index is 0.0260. The number of aliphatic hydroxyl groups excluding tert-OH is 1. The highest BCUT2D eigenvalue weighted by Gasteiger charge is 2.46. The van der Waals surface area contributed by atoms with Crippen LogP contribution in [-0.4, -0.2) is 60.9 Å². The third-order valence-electron chi connectivity index (χ3n) is 6.13. The average molecular weight is 521 g/mol. The van der Waals surface area contributed by atoms with Crippen molar-refractivity contribution in [2.75, 3.05) is 34.3 Å². The van der Waals surface area contributed by atoms with Gasteiger partial charge in [-0.1, -0.05) is 41.9 Å². The second-order valence-electron chi connectivity index (χ2n) is 8.98. The van der Waals surface area contributed by atoms with E-state index in [-0.39, 0.29) is 21.9 Å². The first-order chi connectivity index (χ1) is 17.8. The quantitative estimate of drug-likeness (QED) is 0.227. The minimum atomic E-state index is -0.816. The SMILES string of the molecule is COc1ccc(Cl)c(/C(O)=C2\C(=O)C(=O)N(CCCN(C)C)C2c2cccc(Oc3ccccc3)c2)c1. The van der Waals surface area contributed by atoms with Crippen LogP contribution in [-0.2, 0) is 9.59 Å². The van der Waals surface area contributed by atoms with Crippen molar-refractivity contribution in [2.45, 2.75) is 12.5 Å². The molecule has 192 valence electrons. The summed E-state index contributed by atoms with van der Waals surface area (Å²) in [6, 6.07) is 20.5. The maximum atomic E-state index is 13.3. The monoisotopic (exact) mass is 520 g/mol. The summed E-state index contributed by atoms with van der Waals surface area (Å²) in [5, 5.41) is 11.6. The molecule has 1 saturated heterocycles. The van der Waals surface area contributed by atoms with Crippen molar-refractivity contribution in [3.8, 4) is 17.2 Å².